The predicted molar refractivity (Wildman–Crippen MR) is 84.6 cm³/mol. The summed E-state index contributed by atoms with van der Waals surface area (Å²) in [5.41, 5.74) is 1.43. The number of hydrogen-bond donors (Lipinski definition) is 1. The highest BCUT2D eigenvalue weighted by atomic mass is 19.1. The van der Waals surface area contributed by atoms with Gasteiger partial charge in [-0.3, -0.25) is 0 Å². The largest absolute Gasteiger partial charge is 0.312 e. The number of halogens is 1. The Kier molecular flexibility index (Phi) is 4.77. The van der Waals surface area contributed by atoms with Crippen LogP contribution < -0.4 is 5.32 Å². The van der Waals surface area contributed by atoms with Gasteiger partial charge in [0.2, 0.25) is 0 Å². The van der Waals surface area contributed by atoms with Crippen molar-refractivity contribution < 1.29 is 4.39 Å². The minimum atomic E-state index is -0.126. The summed E-state index contributed by atoms with van der Waals surface area (Å²) in [6.07, 6.45) is 3.27. The summed E-state index contributed by atoms with van der Waals surface area (Å²) in [4.78, 5) is 0. The van der Waals surface area contributed by atoms with Crippen LogP contribution in [0.4, 0.5) is 4.39 Å². The third kappa shape index (κ3) is 4.04. The number of nitrogens with one attached hydrogen (secondary N) is 1. The van der Waals surface area contributed by atoms with Gasteiger partial charge in [-0.2, -0.15) is 0 Å². The van der Waals surface area contributed by atoms with Crippen molar-refractivity contribution in [1.29, 1.82) is 0 Å². The van der Waals surface area contributed by atoms with E-state index in [0.717, 1.165) is 36.6 Å². The van der Waals surface area contributed by atoms with Crippen LogP contribution >= 0.6 is 0 Å². The van der Waals surface area contributed by atoms with Gasteiger partial charge in [-0.05, 0) is 63.6 Å². The summed E-state index contributed by atoms with van der Waals surface area (Å²) in [7, 11) is 0. The summed E-state index contributed by atoms with van der Waals surface area (Å²) in [5, 5.41) is 5.28. The van der Waals surface area contributed by atoms with Gasteiger partial charge in [0.05, 0.1) is 0 Å². The van der Waals surface area contributed by atoms with Gasteiger partial charge in [0.1, 0.15) is 5.82 Å². The smallest absolute Gasteiger partial charge is 0.131 e. The second-order valence-corrected chi connectivity index (χ2v) is 6.39. The first-order valence-electron chi connectivity index (χ1n) is 7.38. The summed E-state index contributed by atoms with van der Waals surface area (Å²) >= 11 is 0. The molecule has 0 unspecified atom stereocenters. The SMILES string of the molecule is CC(C)(C)NCCCCc1ccc(F)c2ccccc12. The molecule has 0 heterocycles. The first kappa shape index (κ1) is 15.0. The van der Waals surface area contributed by atoms with Crippen LogP contribution in [0.25, 0.3) is 10.8 Å². The fraction of sp³-hybridized carbons (Fsp3) is 0.444. The standard InChI is InChI=1S/C18H24FN/c1-18(2,3)20-13-7-6-8-14-11-12-17(19)16-10-5-4-9-15(14)16/h4-5,9-12,20H,6-8,13H2,1-3H3. The lowest BCUT2D eigenvalue weighted by Crippen LogP contribution is -2.36. The van der Waals surface area contributed by atoms with Crippen LogP contribution in [0.5, 0.6) is 0 Å². The van der Waals surface area contributed by atoms with Gasteiger partial charge in [-0.1, -0.05) is 30.3 Å². The molecule has 0 fully saturated rings. The third-order valence-corrected chi connectivity index (χ3v) is 3.49. The molecule has 0 bridgehead atoms. The van der Waals surface area contributed by atoms with E-state index in [9.17, 15) is 4.39 Å². The lowest BCUT2D eigenvalue weighted by atomic mass is 9.99. The van der Waals surface area contributed by atoms with Gasteiger partial charge in [-0.15, -0.1) is 0 Å². The van der Waals surface area contributed by atoms with E-state index in [-0.39, 0.29) is 11.4 Å². The van der Waals surface area contributed by atoms with Crippen molar-refractivity contribution in [2.24, 2.45) is 0 Å². The maximum absolute atomic E-state index is 13.7. The minimum absolute atomic E-state index is 0.126. The van der Waals surface area contributed by atoms with Crippen molar-refractivity contribution in [3.8, 4) is 0 Å². The van der Waals surface area contributed by atoms with Crippen LogP contribution in [-0.4, -0.2) is 12.1 Å². The molecular formula is C18H24FN. The number of unbranched alkanes of at least 4 members (excludes halogenated alkanes) is 1. The number of hydrogen-bond acceptors (Lipinski definition) is 1. The van der Waals surface area contributed by atoms with Crippen LogP contribution in [-0.2, 0) is 6.42 Å². The van der Waals surface area contributed by atoms with Crippen molar-refractivity contribution in [2.45, 2.75) is 45.6 Å². The molecule has 0 spiro atoms. The van der Waals surface area contributed by atoms with Crippen molar-refractivity contribution in [3.63, 3.8) is 0 Å². The number of aryl methyl sites for hydroxylation is 1. The minimum Gasteiger partial charge on any atom is -0.312 e. The molecule has 20 heavy (non-hydrogen) atoms. The number of rotatable bonds is 5. The topological polar surface area (TPSA) is 12.0 Å². The van der Waals surface area contributed by atoms with Gasteiger partial charge in [0.25, 0.3) is 0 Å². The summed E-state index contributed by atoms with van der Waals surface area (Å²) in [6.45, 7) is 7.57. The Morgan fingerprint density at radius 1 is 0.950 bits per heavy atom. The lowest BCUT2D eigenvalue weighted by molar-refractivity contribution is 0.419. The molecule has 0 aliphatic rings. The zero-order valence-electron chi connectivity index (χ0n) is 12.7. The van der Waals surface area contributed by atoms with Gasteiger partial charge < -0.3 is 5.32 Å². The van der Waals surface area contributed by atoms with Crippen molar-refractivity contribution in [1.82, 2.24) is 5.32 Å². The molecule has 0 radical (unpaired) electrons. The van der Waals surface area contributed by atoms with E-state index in [4.69, 9.17) is 0 Å². The van der Waals surface area contributed by atoms with Crippen LogP contribution in [0, 0.1) is 5.82 Å². The quantitative estimate of drug-likeness (QED) is 0.779. The predicted octanol–water partition coefficient (Wildman–Crippen LogP) is 4.69. The normalized spacial score (nSPS) is 12.0. The maximum atomic E-state index is 13.7. The first-order valence-corrected chi connectivity index (χ1v) is 7.38. The Hall–Kier alpha value is -1.41. The molecule has 2 aromatic rings. The molecule has 108 valence electrons. The van der Waals surface area contributed by atoms with E-state index >= 15 is 0 Å². The fourth-order valence-corrected chi connectivity index (χ4v) is 2.45. The Morgan fingerprint density at radius 3 is 2.35 bits per heavy atom. The van der Waals surface area contributed by atoms with Crippen LogP contribution in [0.3, 0.4) is 0 Å². The molecule has 1 N–H and O–H groups in total. The van der Waals surface area contributed by atoms with Crippen LogP contribution in [0.15, 0.2) is 36.4 Å². The van der Waals surface area contributed by atoms with E-state index in [1.54, 1.807) is 6.07 Å². The molecule has 2 aromatic carbocycles. The molecule has 1 nitrogen and oxygen atoms in total. The van der Waals surface area contributed by atoms with E-state index in [2.05, 4.69) is 26.1 Å². The highest BCUT2D eigenvalue weighted by Crippen LogP contribution is 2.23. The first-order chi connectivity index (χ1) is 9.47. The molecular weight excluding hydrogens is 249 g/mol. The Bertz CT molecular complexity index is 569. The molecule has 0 aromatic heterocycles. The van der Waals surface area contributed by atoms with Crippen molar-refractivity contribution >= 4 is 10.8 Å². The third-order valence-electron chi connectivity index (χ3n) is 3.49. The maximum Gasteiger partial charge on any atom is 0.131 e. The Morgan fingerprint density at radius 2 is 1.65 bits per heavy atom. The van der Waals surface area contributed by atoms with Crippen LogP contribution in [0.2, 0.25) is 0 Å². The average molecular weight is 273 g/mol. The van der Waals surface area contributed by atoms with Crippen molar-refractivity contribution in [2.75, 3.05) is 6.54 Å². The zero-order chi connectivity index (χ0) is 14.6. The molecule has 0 atom stereocenters. The van der Waals surface area contributed by atoms with Crippen LogP contribution in [0.1, 0.15) is 39.2 Å². The van der Waals surface area contributed by atoms with Gasteiger partial charge in [-0.25, -0.2) is 4.39 Å². The summed E-state index contributed by atoms with van der Waals surface area (Å²) in [5.74, 6) is -0.126. The average Bonchev–Trinajstić information content (AvgIpc) is 2.40. The fourth-order valence-electron chi connectivity index (χ4n) is 2.45. The Balaban J connectivity index is 1.95. The van der Waals surface area contributed by atoms with Crippen molar-refractivity contribution in [3.05, 3.63) is 47.8 Å². The second kappa shape index (κ2) is 6.36. The second-order valence-electron chi connectivity index (χ2n) is 6.39. The van der Waals surface area contributed by atoms with E-state index in [0.29, 0.717) is 0 Å². The van der Waals surface area contributed by atoms with E-state index in [1.807, 2.05) is 30.3 Å². The Labute approximate surface area is 121 Å². The van der Waals surface area contributed by atoms with E-state index < -0.39 is 0 Å². The van der Waals surface area contributed by atoms with Gasteiger partial charge >= 0.3 is 0 Å². The molecule has 2 rings (SSSR count). The number of fused-ring (bicyclic) bond motifs is 1. The van der Waals surface area contributed by atoms with E-state index in [1.165, 1.54) is 5.56 Å². The molecule has 0 saturated heterocycles. The molecule has 0 aliphatic carbocycles. The summed E-state index contributed by atoms with van der Waals surface area (Å²) < 4.78 is 13.7. The highest BCUT2D eigenvalue weighted by Gasteiger charge is 2.08. The van der Waals surface area contributed by atoms with Gasteiger partial charge in [0, 0.05) is 10.9 Å². The molecule has 0 aliphatic heterocycles. The lowest BCUT2D eigenvalue weighted by Gasteiger charge is -2.20. The zero-order valence-corrected chi connectivity index (χ0v) is 12.7. The number of benzene rings is 2. The molecule has 0 amide bonds. The monoisotopic (exact) mass is 273 g/mol. The van der Waals surface area contributed by atoms with Gasteiger partial charge in [0.15, 0.2) is 0 Å². The molecule has 0 saturated carbocycles. The highest BCUT2D eigenvalue weighted by molar-refractivity contribution is 5.86. The molecule has 2 heteroatoms. The summed E-state index contributed by atoms with van der Waals surface area (Å²) in [6, 6.07) is 11.3.